The minimum atomic E-state index is 0.126. The standard InChI is InChI=1S/C23H33N3O3/c1-15(2)29-20-6-4-5-19-21(24-25-22(19)20)16-11-13-26(14-12-16)23(27)17-7-9-18(28-3)10-8-17/h4-6,15-18H,7-14H2,1-3H3,(H,24,25)/t17-,18-. The highest BCUT2D eigenvalue weighted by Crippen LogP contribution is 2.36. The van der Waals surface area contributed by atoms with Crippen molar-refractivity contribution in [2.75, 3.05) is 20.2 Å². The van der Waals surface area contributed by atoms with E-state index in [0.717, 1.165) is 74.0 Å². The van der Waals surface area contributed by atoms with E-state index in [0.29, 0.717) is 17.9 Å². The normalized spacial score (nSPS) is 23.7. The van der Waals surface area contributed by atoms with Crippen molar-refractivity contribution >= 4 is 16.8 Å². The molecule has 1 N–H and O–H groups in total. The highest BCUT2D eigenvalue weighted by atomic mass is 16.5. The third-order valence-electron chi connectivity index (χ3n) is 6.50. The van der Waals surface area contributed by atoms with Crippen LogP contribution in [-0.2, 0) is 9.53 Å². The second-order valence-corrected chi connectivity index (χ2v) is 8.76. The molecule has 1 aliphatic carbocycles. The Morgan fingerprint density at radius 2 is 1.86 bits per heavy atom. The SMILES string of the molecule is CO[C@H]1CC[C@H](C(=O)N2CCC(c3n[nH]c4c(OC(C)C)cccc34)CC2)CC1. The lowest BCUT2D eigenvalue weighted by atomic mass is 9.85. The van der Waals surface area contributed by atoms with Gasteiger partial charge in [0.2, 0.25) is 5.91 Å². The Labute approximate surface area is 172 Å². The first-order valence-electron chi connectivity index (χ1n) is 11.0. The number of piperidine rings is 1. The summed E-state index contributed by atoms with van der Waals surface area (Å²) >= 11 is 0. The molecule has 1 saturated heterocycles. The molecule has 2 heterocycles. The molecule has 29 heavy (non-hydrogen) atoms. The third kappa shape index (κ3) is 4.27. The summed E-state index contributed by atoms with van der Waals surface area (Å²) in [5.41, 5.74) is 2.09. The molecule has 2 aromatic rings. The second-order valence-electron chi connectivity index (χ2n) is 8.76. The van der Waals surface area contributed by atoms with E-state index < -0.39 is 0 Å². The number of fused-ring (bicyclic) bond motifs is 1. The van der Waals surface area contributed by atoms with Gasteiger partial charge in [0.05, 0.1) is 17.9 Å². The predicted octanol–water partition coefficient (Wildman–Crippen LogP) is 4.26. The molecule has 0 atom stereocenters. The molecule has 1 saturated carbocycles. The van der Waals surface area contributed by atoms with E-state index in [-0.39, 0.29) is 12.0 Å². The van der Waals surface area contributed by atoms with Crippen LogP contribution in [0.2, 0.25) is 0 Å². The molecule has 2 aliphatic rings. The highest BCUT2D eigenvalue weighted by molar-refractivity contribution is 5.87. The number of hydrogen-bond donors (Lipinski definition) is 1. The second kappa shape index (κ2) is 8.74. The number of nitrogens with zero attached hydrogens (tertiary/aromatic N) is 2. The zero-order valence-electron chi connectivity index (χ0n) is 17.8. The number of carbonyl (C=O) groups excluding carboxylic acids is 1. The van der Waals surface area contributed by atoms with Crippen LogP contribution in [0.5, 0.6) is 5.75 Å². The number of aromatic amines is 1. The van der Waals surface area contributed by atoms with Gasteiger partial charge in [-0.15, -0.1) is 0 Å². The van der Waals surface area contributed by atoms with Gasteiger partial charge < -0.3 is 14.4 Å². The van der Waals surface area contributed by atoms with E-state index in [1.165, 1.54) is 0 Å². The van der Waals surface area contributed by atoms with Gasteiger partial charge in [-0.1, -0.05) is 12.1 Å². The Kier molecular flexibility index (Phi) is 6.09. The van der Waals surface area contributed by atoms with Crippen LogP contribution in [0.3, 0.4) is 0 Å². The van der Waals surface area contributed by atoms with Gasteiger partial charge in [-0.2, -0.15) is 5.10 Å². The zero-order valence-corrected chi connectivity index (χ0v) is 17.8. The zero-order chi connectivity index (χ0) is 20.4. The Morgan fingerprint density at radius 1 is 1.14 bits per heavy atom. The maximum absolute atomic E-state index is 12.9. The number of benzene rings is 1. The summed E-state index contributed by atoms with van der Waals surface area (Å²) in [6, 6.07) is 6.14. The molecule has 4 rings (SSSR count). The molecule has 0 unspecified atom stereocenters. The van der Waals surface area contributed by atoms with Crippen molar-refractivity contribution in [3.8, 4) is 5.75 Å². The summed E-state index contributed by atoms with van der Waals surface area (Å²) in [7, 11) is 1.77. The first kappa shape index (κ1) is 20.2. The van der Waals surface area contributed by atoms with Crippen LogP contribution in [0.15, 0.2) is 18.2 Å². The molecule has 0 spiro atoms. The Balaban J connectivity index is 1.39. The maximum atomic E-state index is 12.9. The molecular formula is C23H33N3O3. The van der Waals surface area contributed by atoms with Crippen molar-refractivity contribution in [2.45, 2.75) is 70.5 Å². The number of methoxy groups -OCH3 is 1. The van der Waals surface area contributed by atoms with Gasteiger partial charge in [-0.25, -0.2) is 0 Å². The smallest absolute Gasteiger partial charge is 0.225 e. The van der Waals surface area contributed by atoms with E-state index in [1.54, 1.807) is 7.11 Å². The number of nitrogens with one attached hydrogen (secondary N) is 1. The van der Waals surface area contributed by atoms with Gasteiger partial charge >= 0.3 is 0 Å². The topological polar surface area (TPSA) is 67.5 Å². The first-order valence-corrected chi connectivity index (χ1v) is 11.0. The van der Waals surface area contributed by atoms with Crippen LogP contribution in [0.25, 0.3) is 10.9 Å². The van der Waals surface area contributed by atoms with E-state index in [2.05, 4.69) is 21.2 Å². The van der Waals surface area contributed by atoms with E-state index in [1.807, 2.05) is 26.0 Å². The van der Waals surface area contributed by atoms with E-state index in [4.69, 9.17) is 9.47 Å². The summed E-state index contributed by atoms with van der Waals surface area (Å²) < 4.78 is 11.4. The minimum Gasteiger partial charge on any atom is -0.489 e. The number of rotatable bonds is 5. The lowest BCUT2D eigenvalue weighted by Crippen LogP contribution is -2.42. The summed E-state index contributed by atoms with van der Waals surface area (Å²) in [4.78, 5) is 15.0. The van der Waals surface area contributed by atoms with Crippen LogP contribution in [0.1, 0.15) is 64.0 Å². The summed E-state index contributed by atoms with van der Waals surface area (Å²) in [6.07, 6.45) is 6.32. The Bertz CT molecular complexity index is 831. The molecule has 158 valence electrons. The molecule has 6 nitrogen and oxygen atoms in total. The van der Waals surface area contributed by atoms with Gasteiger partial charge in [0.1, 0.15) is 11.3 Å². The number of hydrogen-bond acceptors (Lipinski definition) is 4. The molecule has 1 aliphatic heterocycles. The fourth-order valence-electron chi connectivity index (χ4n) is 4.88. The largest absolute Gasteiger partial charge is 0.489 e. The Hall–Kier alpha value is -2.08. The van der Waals surface area contributed by atoms with Gasteiger partial charge in [0.15, 0.2) is 0 Å². The predicted molar refractivity (Wildman–Crippen MR) is 113 cm³/mol. The van der Waals surface area contributed by atoms with Crippen LogP contribution in [-0.4, -0.2) is 53.4 Å². The fraction of sp³-hybridized carbons (Fsp3) is 0.652. The van der Waals surface area contributed by atoms with Crippen LogP contribution in [0, 0.1) is 5.92 Å². The van der Waals surface area contributed by atoms with Crippen molar-refractivity contribution in [1.82, 2.24) is 15.1 Å². The average Bonchev–Trinajstić information content (AvgIpc) is 3.18. The number of aromatic nitrogens is 2. The van der Waals surface area contributed by atoms with Gasteiger partial charge in [0, 0.05) is 37.4 Å². The van der Waals surface area contributed by atoms with Crippen molar-refractivity contribution < 1.29 is 14.3 Å². The van der Waals surface area contributed by atoms with Crippen molar-refractivity contribution in [3.63, 3.8) is 0 Å². The summed E-state index contributed by atoms with van der Waals surface area (Å²) in [5.74, 6) is 1.76. The van der Waals surface area contributed by atoms with Gasteiger partial charge in [-0.05, 0) is 58.4 Å². The number of likely N-dealkylation sites (tertiary alicyclic amines) is 1. The number of para-hydroxylation sites is 1. The summed E-state index contributed by atoms with van der Waals surface area (Å²) in [6.45, 7) is 5.71. The van der Waals surface area contributed by atoms with Crippen LogP contribution in [0.4, 0.5) is 0 Å². The molecular weight excluding hydrogens is 366 g/mol. The van der Waals surface area contributed by atoms with Crippen molar-refractivity contribution in [2.24, 2.45) is 5.92 Å². The van der Waals surface area contributed by atoms with Gasteiger partial charge in [0.25, 0.3) is 0 Å². The molecule has 1 aromatic carbocycles. The Morgan fingerprint density at radius 3 is 2.52 bits per heavy atom. The molecule has 6 heteroatoms. The summed E-state index contributed by atoms with van der Waals surface area (Å²) in [5, 5.41) is 8.97. The van der Waals surface area contributed by atoms with Crippen molar-refractivity contribution in [1.29, 1.82) is 0 Å². The van der Waals surface area contributed by atoms with Gasteiger partial charge in [-0.3, -0.25) is 9.89 Å². The molecule has 1 aromatic heterocycles. The number of carbonyl (C=O) groups is 1. The maximum Gasteiger partial charge on any atom is 0.225 e. The lowest BCUT2D eigenvalue weighted by Gasteiger charge is -2.35. The number of ether oxygens (including phenoxy) is 2. The van der Waals surface area contributed by atoms with Crippen LogP contribution < -0.4 is 4.74 Å². The van der Waals surface area contributed by atoms with Crippen LogP contribution >= 0.6 is 0 Å². The highest BCUT2D eigenvalue weighted by Gasteiger charge is 2.32. The first-order chi connectivity index (χ1) is 14.1. The molecule has 0 radical (unpaired) electrons. The monoisotopic (exact) mass is 399 g/mol. The minimum absolute atomic E-state index is 0.126. The number of amides is 1. The molecule has 2 fully saturated rings. The lowest BCUT2D eigenvalue weighted by molar-refractivity contribution is -0.138. The van der Waals surface area contributed by atoms with E-state index in [9.17, 15) is 4.79 Å². The average molecular weight is 400 g/mol. The fourth-order valence-corrected chi connectivity index (χ4v) is 4.88. The number of H-pyrrole nitrogens is 1. The molecule has 1 amide bonds. The third-order valence-corrected chi connectivity index (χ3v) is 6.50. The molecule has 0 bridgehead atoms. The van der Waals surface area contributed by atoms with Crippen molar-refractivity contribution in [3.05, 3.63) is 23.9 Å². The quantitative estimate of drug-likeness (QED) is 0.816. The van der Waals surface area contributed by atoms with E-state index >= 15 is 0 Å².